The molecule has 2 aromatic carbocycles. The van der Waals surface area contributed by atoms with Crippen LogP contribution >= 0.6 is 34.5 Å². The van der Waals surface area contributed by atoms with Gasteiger partial charge in [-0.3, -0.25) is 8.51 Å². The van der Waals surface area contributed by atoms with E-state index in [0.29, 0.717) is 31.7 Å². The van der Waals surface area contributed by atoms with Gasteiger partial charge in [-0.1, -0.05) is 47.5 Å². The Bertz CT molecular complexity index is 1050. The van der Waals surface area contributed by atoms with E-state index in [1.807, 2.05) is 0 Å². The van der Waals surface area contributed by atoms with E-state index in [9.17, 15) is 18.7 Å². The van der Waals surface area contributed by atoms with Gasteiger partial charge in [0.1, 0.15) is 4.88 Å². The average molecular weight is 441 g/mol. The van der Waals surface area contributed by atoms with Crippen molar-refractivity contribution in [1.29, 1.82) is 0 Å². The van der Waals surface area contributed by atoms with Crippen LogP contribution in [0.2, 0.25) is 10.0 Å². The van der Waals surface area contributed by atoms with Crippen LogP contribution in [0.3, 0.4) is 0 Å². The first-order chi connectivity index (χ1) is 12.8. The summed E-state index contributed by atoms with van der Waals surface area (Å²) in [4.78, 5) is 12.2. The largest absolute Gasteiger partial charge is 0.755 e. The van der Waals surface area contributed by atoms with E-state index in [0.717, 1.165) is 15.6 Å². The minimum atomic E-state index is -2.72. The molecule has 5 nitrogen and oxygen atoms in total. The molecule has 1 aromatic heterocycles. The zero-order valence-corrected chi connectivity index (χ0v) is 17.0. The third-order valence-electron chi connectivity index (χ3n) is 3.81. The summed E-state index contributed by atoms with van der Waals surface area (Å²) < 4.78 is 24.9. The van der Waals surface area contributed by atoms with Crippen LogP contribution in [0.5, 0.6) is 0 Å². The molecule has 3 aromatic rings. The number of hydrogen-bond donors (Lipinski definition) is 1. The van der Waals surface area contributed by atoms with Crippen molar-refractivity contribution in [3.05, 3.63) is 69.0 Å². The van der Waals surface area contributed by atoms with E-state index in [4.69, 9.17) is 23.2 Å². The molecule has 0 aliphatic heterocycles. The highest BCUT2D eigenvalue weighted by molar-refractivity contribution is 7.81. The highest BCUT2D eigenvalue weighted by Gasteiger charge is 2.24. The van der Waals surface area contributed by atoms with Crippen molar-refractivity contribution >= 4 is 63.1 Å². The fourth-order valence-electron chi connectivity index (χ4n) is 2.59. The number of rotatable bonds is 5. The predicted octanol–water partition coefficient (Wildman–Crippen LogP) is 5.66. The average Bonchev–Trinajstić information content (AvgIpc) is 3.01. The Kier molecular flexibility index (Phi) is 5.88. The molecule has 1 unspecified atom stereocenters. The van der Waals surface area contributed by atoms with Gasteiger partial charge in [-0.15, -0.1) is 11.3 Å². The highest BCUT2D eigenvalue weighted by atomic mass is 35.5. The number of carboxylic acid groups (broad SMARTS) is 1. The molecule has 0 bridgehead atoms. The number of anilines is 2. The number of aryl methyl sites for hydroxylation is 1. The summed E-state index contributed by atoms with van der Waals surface area (Å²) in [6.45, 7) is 1.75. The number of thiophene rings is 1. The molecule has 1 N–H and O–H groups in total. The normalized spacial score (nSPS) is 12.0. The summed E-state index contributed by atoms with van der Waals surface area (Å²) in [7, 11) is 0. The summed E-state index contributed by atoms with van der Waals surface area (Å²) in [6, 6.07) is 13.2. The Balaban J connectivity index is 2.22. The van der Waals surface area contributed by atoms with E-state index < -0.39 is 17.2 Å². The maximum Gasteiger partial charge on any atom is 0.348 e. The smallest absolute Gasteiger partial charge is 0.348 e. The van der Waals surface area contributed by atoms with Gasteiger partial charge in [-0.05, 0) is 36.8 Å². The quantitative estimate of drug-likeness (QED) is 0.518. The second-order valence-electron chi connectivity index (χ2n) is 5.55. The molecule has 1 heterocycles. The Morgan fingerprint density at radius 3 is 2.44 bits per heavy atom. The van der Waals surface area contributed by atoms with Gasteiger partial charge in [0.25, 0.3) is 0 Å². The second-order valence-corrected chi connectivity index (χ2v) is 8.25. The molecule has 0 aliphatic carbocycles. The fraction of sp³-hybridized carbons (Fsp3) is 0.0556. The molecule has 0 fully saturated rings. The van der Waals surface area contributed by atoms with Crippen molar-refractivity contribution in [2.45, 2.75) is 6.92 Å². The van der Waals surface area contributed by atoms with Crippen LogP contribution in [0, 0.1) is 6.92 Å². The van der Waals surface area contributed by atoms with E-state index in [1.165, 1.54) is 6.07 Å². The highest BCUT2D eigenvalue weighted by Crippen LogP contribution is 2.43. The SMILES string of the molecule is Cc1ccccc1N(c1cc(-c2ccc(Cl)cc2Cl)sc1C(=O)O)S(=O)[O-]. The first-order valence-electron chi connectivity index (χ1n) is 7.57. The van der Waals surface area contributed by atoms with E-state index in [-0.39, 0.29) is 10.6 Å². The van der Waals surface area contributed by atoms with Crippen LogP contribution < -0.4 is 4.31 Å². The molecule has 27 heavy (non-hydrogen) atoms. The summed E-state index contributed by atoms with van der Waals surface area (Å²) in [5, 5.41) is 10.4. The lowest BCUT2D eigenvalue weighted by Gasteiger charge is -2.27. The second kappa shape index (κ2) is 8.00. The molecule has 0 spiro atoms. The van der Waals surface area contributed by atoms with Crippen molar-refractivity contribution in [3.8, 4) is 10.4 Å². The lowest BCUT2D eigenvalue weighted by molar-refractivity contribution is 0.0703. The minimum absolute atomic E-state index is 0.0520. The lowest BCUT2D eigenvalue weighted by Crippen LogP contribution is -2.21. The van der Waals surface area contributed by atoms with E-state index >= 15 is 0 Å². The molecule has 0 aliphatic rings. The van der Waals surface area contributed by atoms with Crippen LogP contribution in [-0.2, 0) is 11.3 Å². The topological polar surface area (TPSA) is 80.7 Å². The summed E-state index contributed by atoms with van der Waals surface area (Å²) in [5.74, 6) is -1.23. The van der Waals surface area contributed by atoms with Crippen LogP contribution in [-0.4, -0.2) is 19.8 Å². The third-order valence-corrected chi connectivity index (χ3v) is 6.19. The van der Waals surface area contributed by atoms with Crippen molar-refractivity contribution in [2.24, 2.45) is 0 Å². The Morgan fingerprint density at radius 2 is 1.85 bits per heavy atom. The number of hydrogen-bond acceptors (Lipinski definition) is 4. The van der Waals surface area contributed by atoms with Gasteiger partial charge in [0.2, 0.25) is 0 Å². The number of nitrogens with zero attached hydrogens (tertiary/aromatic N) is 1. The van der Waals surface area contributed by atoms with Crippen LogP contribution in [0.25, 0.3) is 10.4 Å². The van der Waals surface area contributed by atoms with Crippen molar-refractivity contribution in [1.82, 2.24) is 0 Å². The van der Waals surface area contributed by atoms with Crippen LogP contribution in [0.15, 0.2) is 48.5 Å². The standard InChI is InChI=1S/C18H13Cl2NO4S2/c1-10-4-2-3-5-14(10)21(27(24)25)15-9-16(26-17(15)18(22)23)12-7-6-11(19)8-13(12)20/h2-9H,1H3,(H,22,23)(H,24,25)/p-1. The van der Waals surface area contributed by atoms with Gasteiger partial charge in [0, 0.05) is 15.5 Å². The monoisotopic (exact) mass is 440 g/mol. The number of carbonyl (C=O) groups is 1. The van der Waals surface area contributed by atoms with Gasteiger partial charge in [-0.25, -0.2) is 4.79 Å². The van der Waals surface area contributed by atoms with Gasteiger partial charge in [0.05, 0.1) is 27.7 Å². The molecular formula is C18H12Cl2NO4S2-. The summed E-state index contributed by atoms with van der Waals surface area (Å²) >= 11 is 10.4. The number of halogens is 2. The van der Waals surface area contributed by atoms with E-state index in [1.54, 1.807) is 49.4 Å². The minimum Gasteiger partial charge on any atom is -0.755 e. The van der Waals surface area contributed by atoms with Crippen molar-refractivity contribution in [2.75, 3.05) is 4.31 Å². The first-order valence-corrected chi connectivity index (χ1v) is 10.2. The number of para-hydroxylation sites is 1. The maximum absolute atomic E-state index is 12.0. The third kappa shape index (κ3) is 4.02. The maximum atomic E-state index is 12.0. The molecular weight excluding hydrogens is 429 g/mol. The van der Waals surface area contributed by atoms with Crippen molar-refractivity contribution < 1.29 is 18.7 Å². The fourth-order valence-corrected chi connectivity index (χ4v) is 4.90. The molecule has 0 saturated heterocycles. The van der Waals surface area contributed by atoms with Gasteiger partial charge in [-0.2, -0.15) is 0 Å². The molecule has 0 radical (unpaired) electrons. The Morgan fingerprint density at radius 1 is 1.15 bits per heavy atom. The van der Waals surface area contributed by atoms with Gasteiger partial charge >= 0.3 is 5.97 Å². The summed E-state index contributed by atoms with van der Waals surface area (Å²) in [6.07, 6.45) is 0. The Hall–Kier alpha value is -1.90. The van der Waals surface area contributed by atoms with Crippen LogP contribution in [0.1, 0.15) is 15.2 Å². The number of aromatic carboxylic acids is 1. The number of benzene rings is 2. The van der Waals surface area contributed by atoms with Gasteiger partial charge < -0.3 is 9.66 Å². The molecule has 1 atom stereocenters. The van der Waals surface area contributed by atoms with E-state index in [2.05, 4.69) is 0 Å². The number of carboxylic acids is 1. The molecule has 3 rings (SSSR count). The zero-order valence-electron chi connectivity index (χ0n) is 13.8. The summed E-state index contributed by atoms with van der Waals surface area (Å²) in [5.41, 5.74) is 1.69. The predicted molar refractivity (Wildman–Crippen MR) is 109 cm³/mol. The molecule has 9 heteroatoms. The first kappa shape index (κ1) is 19.9. The zero-order chi connectivity index (χ0) is 19.7. The molecule has 140 valence electrons. The Labute approximate surface area is 172 Å². The van der Waals surface area contributed by atoms with Crippen LogP contribution in [0.4, 0.5) is 11.4 Å². The van der Waals surface area contributed by atoms with Gasteiger partial charge in [0.15, 0.2) is 0 Å². The molecule has 0 saturated carbocycles. The lowest BCUT2D eigenvalue weighted by atomic mass is 10.1. The van der Waals surface area contributed by atoms with Crippen molar-refractivity contribution in [3.63, 3.8) is 0 Å². The molecule has 0 amide bonds.